The van der Waals surface area contributed by atoms with Gasteiger partial charge in [0.05, 0.1) is 0 Å². The van der Waals surface area contributed by atoms with Crippen molar-refractivity contribution in [1.29, 1.82) is 0 Å². The van der Waals surface area contributed by atoms with Crippen molar-refractivity contribution in [2.75, 3.05) is 0 Å². The molecule has 3 aromatic carbocycles. The predicted octanol–water partition coefficient (Wildman–Crippen LogP) is 7.04. The van der Waals surface area contributed by atoms with Crippen molar-refractivity contribution in [2.24, 2.45) is 0 Å². The summed E-state index contributed by atoms with van der Waals surface area (Å²) in [6.07, 6.45) is 0. The van der Waals surface area contributed by atoms with Crippen LogP contribution in [0.25, 0.3) is 0 Å². The van der Waals surface area contributed by atoms with Crippen molar-refractivity contribution < 1.29 is 18.2 Å². The van der Waals surface area contributed by atoms with E-state index in [9.17, 15) is 0 Å². The van der Waals surface area contributed by atoms with Gasteiger partial charge >= 0.3 is 27.7 Å². The van der Waals surface area contributed by atoms with Crippen LogP contribution in [-0.2, 0) is 41.2 Å². The van der Waals surface area contributed by atoms with E-state index in [2.05, 4.69) is 113 Å². The summed E-state index contributed by atoms with van der Waals surface area (Å²) in [7, 11) is 4.49. The Labute approximate surface area is 180 Å². The van der Waals surface area contributed by atoms with Gasteiger partial charge in [-0.05, 0) is 22.6 Å². The summed E-state index contributed by atoms with van der Waals surface area (Å²) in [5.74, 6) is 4.22. The molecule has 0 N–H and O–H groups in total. The van der Waals surface area contributed by atoms with Crippen LogP contribution in [0.15, 0.2) is 78.9 Å². The molecule has 26 heavy (non-hydrogen) atoms. The summed E-state index contributed by atoms with van der Waals surface area (Å²) in [6, 6.07) is 31.2. The fourth-order valence-corrected chi connectivity index (χ4v) is 4.33. The number of rotatable bonds is 8. The monoisotopic (exact) mass is 490 g/mol. The number of halogens is 1. The number of thioether (sulfide) groups is 2. The quantitative estimate of drug-likeness (QED) is 0.245. The van der Waals surface area contributed by atoms with Crippen molar-refractivity contribution in [2.45, 2.75) is 23.0 Å². The van der Waals surface area contributed by atoms with E-state index in [1.165, 1.54) is 22.3 Å². The van der Waals surface area contributed by atoms with Crippen LogP contribution in [0.5, 0.6) is 0 Å². The molecule has 3 rings (SSSR count). The molecule has 0 nitrogen and oxygen atoms in total. The summed E-state index contributed by atoms with van der Waals surface area (Å²) in [6.45, 7) is 0. The summed E-state index contributed by atoms with van der Waals surface area (Å²) in [5.41, 5.74) is 5.52. The first-order valence-electron chi connectivity index (χ1n) is 8.24. The molecule has 0 saturated carbocycles. The van der Waals surface area contributed by atoms with Gasteiger partial charge < -0.3 is 0 Å². The fraction of sp³-hybridized carbons (Fsp3) is 0.182. The third kappa shape index (κ3) is 8.34. The third-order valence-electron chi connectivity index (χ3n) is 3.67. The van der Waals surface area contributed by atoms with Crippen molar-refractivity contribution >= 4 is 33.1 Å². The van der Waals surface area contributed by atoms with Crippen LogP contribution < -0.4 is 0 Å². The zero-order valence-electron chi connectivity index (χ0n) is 14.3. The van der Waals surface area contributed by atoms with E-state index in [4.69, 9.17) is 0 Å². The van der Waals surface area contributed by atoms with E-state index in [-0.39, 0.29) is 0 Å². The second kappa shape index (κ2) is 13.5. The molecule has 0 spiro atoms. The average Bonchev–Trinajstić information content (AvgIpc) is 2.72. The van der Waals surface area contributed by atoms with E-state index in [1.807, 2.05) is 23.5 Å². The molecule has 0 radical (unpaired) electrons. The maximum Gasteiger partial charge on any atom is 0.0177 e. The molecule has 0 unspecified atom stereocenters. The fourth-order valence-electron chi connectivity index (χ4n) is 2.47. The van der Waals surface area contributed by atoms with E-state index >= 15 is 0 Å². The average molecular weight is 491 g/mol. The minimum Gasteiger partial charge on any atom is -0.183 e. The van der Waals surface area contributed by atoms with Gasteiger partial charge in [-0.25, -0.2) is 0 Å². The molecule has 0 atom stereocenters. The van der Waals surface area contributed by atoms with Crippen LogP contribution in [0.1, 0.15) is 22.3 Å². The van der Waals surface area contributed by atoms with Gasteiger partial charge in [-0.2, -0.15) is 47.8 Å². The minimum absolute atomic E-state index is 1.04. The molecule has 0 aromatic heterocycles. The molecule has 0 aliphatic carbocycles. The molecule has 0 aliphatic rings. The first-order chi connectivity index (χ1) is 12.9. The Hall–Kier alpha value is -0.688. The summed E-state index contributed by atoms with van der Waals surface area (Å²) >= 11 is 6.15. The molecule has 0 heterocycles. The second-order valence-electron chi connectivity index (χ2n) is 5.71. The van der Waals surface area contributed by atoms with E-state index in [1.54, 1.807) is 0 Å². The normalized spacial score (nSPS) is 10.1. The SMILES string of the molecule is [Cl][Pd+].[c-]1cc(CSCc2ccccc2)cc(CSCc2ccccc2)c1. The number of hydrogen-bond donors (Lipinski definition) is 0. The largest absolute Gasteiger partial charge is 0.183 e. The van der Waals surface area contributed by atoms with Gasteiger partial charge in [0.2, 0.25) is 0 Å². The minimum atomic E-state index is 1.04. The Kier molecular flexibility index (Phi) is 11.2. The maximum atomic E-state index is 4.49. The van der Waals surface area contributed by atoms with Crippen LogP contribution in [0.2, 0.25) is 0 Å². The summed E-state index contributed by atoms with van der Waals surface area (Å²) in [5, 5.41) is 0. The summed E-state index contributed by atoms with van der Waals surface area (Å²) in [4.78, 5) is 0. The zero-order valence-corrected chi connectivity index (χ0v) is 18.3. The summed E-state index contributed by atoms with van der Waals surface area (Å²) < 4.78 is 0. The molecule has 0 bridgehead atoms. The van der Waals surface area contributed by atoms with E-state index < -0.39 is 0 Å². The molecule has 0 amide bonds. The van der Waals surface area contributed by atoms with Crippen LogP contribution in [0.3, 0.4) is 0 Å². The first kappa shape index (κ1) is 21.6. The molecule has 0 saturated heterocycles. The van der Waals surface area contributed by atoms with E-state index in [0.717, 1.165) is 23.0 Å². The predicted molar refractivity (Wildman–Crippen MR) is 114 cm³/mol. The van der Waals surface area contributed by atoms with Gasteiger partial charge in [-0.15, -0.1) is 11.1 Å². The van der Waals surface area contributed by atoms with Crippen LogP contribution in [0.4, 0.5) is 0 Å². The van der Waals surface area contributed by atoms with Gasteiger partial charge in [-0.1, -0.05) is 60.7 Å². The molecular weight excluding hydrogens is 470 g/mol. The van der Waals surface area contributed by atoms with Crippen molar-refractivity contribution in [3.63, 3.8) is 0 Å². The van der Waals surface area contributed by atoms with Crippen LogP contribution in [-0.4, -0.2) is 0 Å². The standard InChI is InChI=1S/C22H21S2.ClH.Pd/c1-3-8-19(9-4-1)15-23-17-21-12-7-13-22(14-21)18-24-16-20-10-5-2-6-11-20;;/h1-6,8-14H,15-18H2;1H;/q-1;;+2/p-1. The van der Waals surface area contributed by atoms with Crippen LogP contribution >= 0.6 is 33.1 Å². The van der Waals surface area contributed by atoms with Gasteiger partial charge in [0.1, 0.15) is 0 Å². The molecule has 4 heteroatoms. The van der Waals surface area contributed by atoms with Gasteiger partial charge in [0, 0.05) is 11.5 Å². The third-order valence-corrected chi connectivity index (χ3v) is 5.82. The molecule has 0 aliphatic heterocycles. The van der Waals surface area contributed by atoms with Crippen molar-refractivity contribution in [1.82, 2.24) is 0 Å². The van der Waals surface area contributed by atoms with Crippen LogP contribution in [0, 0.1) is 6.07 Å². The van der Waals surface area contributed by atoms with Gasteiger partial charge in [-0.3, -0.25) is 0 Å². The smallest absolute Gasteiger partial charge is 0.0177 e. The van der Waals surface area contributed by atoms with E-state index in [0.29, 0.717) is 0 Å². The van der Waals surface area contributed by atoms with Gasteiger partial charge in [0.15, 0.2) is 0 Å². The molecule has 0 fully saturated rings. The maximum absolute atomic E-state index is 4.49. The Bertz CT molecular complexity index is 675. The Morgan fingerprint density at radius 2 is 1.00 bits per heavy atom. The second-order valence-corrected chi connectivity index (χ2v) is 7.68. The molecule has 3 aromatic rings. The van der Waals surface area contributed by atoms with Crippen molar-refractivity contribution in [3.05, 3.63) is 107 Å². The molecule has 138 valence electrons. The number of hydrogen-bond acceptors (Lipinski definition) is 2. The topological polar surface area (TPSA) is 0 Å². The molecular formula is C22H21ClPdS2. The number of benzene rings is 3. The van der Waals surface area contributed by atoms with Crippen molar-refractivity contribution in [3.8, 4) is 0 Å². The first-order valence-corrected chi connectivity index (χ1v) is 12.6. The Morgan fingerprint density at radius 3 is 1.42 bits per heavy atom. The van der Waals surface area contributed by atoms with Gasteiger partial charge in [0.25, 0.3) is 0 Å². The zero-order chi connectivity index (χ0) is 18.5. The Balaban J connectivity index is 0.00000117. The Morgan fingerprint density at radius 1 is 0.615 bits per heavy atom.